The van der Waals surface area contributed by atoms with Crippen LogP contribution >= 0.6 is 0 Å². The molecular weight excluding hydrogens is 284 g/mol. The third-order valence-electron chi connectivity index (χ3n) is 3.32. The Labute approximate surface area is 129 Å². The average molecular weight is 304 g/mol. The van der Waals surface area contributed by atoms with Crippen LogP contribution < -0.4 is 10.4 Å². The van der Waals surface area contributed by atoms with Crippen LogP contribution in [0.15, 0.2) is 27.4 Å². The fourth-order valence-electron chi connectivity index (χ4n) is 2.23. The Morgan fingerprint density at radius 2 is 1.95 bits per heavy atom. The van der Waals surface area contributed by atoms with Gasteiger partial charge in [-0.25, -0.2) is 9.59 Å². The maximum absolute atomic E-state index is 12.0. The molecule has 22 heavy (non-hydrogen) atoms. The standard InChI is InChI=1S/C17H20O5/c1-5-20-13-9-11(10(3)4)7-8-12-14(16(18)21-6-2)17(19)22-15(12)13/h7-10H,5-6H2,1-4H3. The molecule has 5 nitrogen and oxygen atoms in total. The van der Waals surface area contributed by atoms with Crippen molar-refractivity contribution in [3.63, 3.8) is 0 Å². The Bertz CT molecular complexity index is 699. The van der Waals surface area contributed by atoms with Gasteiger partial charge in [0.25, 0.3) is 0 Å². The molecule has 0 fully saturated rings. The Morgan fingerprint density at radius 1 is 1.23 bits per heavy atom. The minimum atomic E-state index is -0.702. The third-order valence-corrected chi connectivity index (χ3v) is 3.32. The van der Waals surface area contributed by atoms with Crippen LogP contribution in [0.4, 0.5) is 0 Å². The zero-order valence-corrected chi connectivity index (χ0v) is 13.3. The summed E-state index contributed by atoms with van der Waals surface area (Å²) in [6, 6.07) is 5.42. The van der Waals surface area contributed by atoms with Gasteiger partial charge in [0.2, 0.25) is 0 Å². The van der Waals surface area contributed by atoms with Gasteiger partial charge in [-0.1, -0.05) is 19.9 Å². The Kier molecular flexibility index (Phi) is 4.85. The maximum Gasteiger partial charge on any atom is 0.351 e. The maximum atomic E-state index is 12.0. The van der Waals surface area contributed by atoms with E-state index in [1.54, 1.807) is 13.0 Å². The molecule has 0 N–H and O–H groups in total. The molecule has 0 aromatic heterocycles. The van der Waals surface area contributed by atoms with Crippen molar-refractivity contribution < 1.29 is 18.7 Å². The van der Waals surface area contributed by atoms with Crippen LogP contribution in [0.25, 0.3) is 11.3 Å². The van der Waals surface area contributed by atoms with Crippen molar-refractivity contribution in [3.05, 3.63) is 39.7 Å². The van der Waals surface area contributed by atoms with Crippen LogP contribution in [0.3, 0.4) is 0 Å². The summed E-state index contributed by atoms with van der Waals surface area (Å²) in [6.07, 6.45) is 0. The number of rotatable bonds is 5. The van der Waals surface area contributed by atoms with Gasteiger partial charge in [0.15, 0.2) is 17.1 Å². The predicted octanol–water partition coefficient (Wildman–Crippen LogP) is 3.44. The summed E-state index contributed by atoms with van der Waals surface area (Å²) in [5.41, 5.74) is 0.659. The Hall–Kier alpha value is -2.30. The second kappa shape index (κ2) is 6.64. The van der Waals surface area contributed by atoms with Gasteiger partial charge in [-0.05, 0) is 37.5 Å². The lowest BCUT2D eigenvalue weighted by Gasteiger charge is -2.05. The van der Waals surface area contributed by atoms with Crippen LogP contribution in [0.2, 0.25) is 0 Å². The van der Waals surface area contributed by atoms with Crippen molar-refractivity contribution >= 4 is 5.97 Å². The summed E-state index contributed by atoms with van der Waals surface area (Å²) in [4.78, 5) is 24.0. The van der Waals surface area contributed by atoms with E-state index >= 15 is 0 Å². The van der Waals surface area contributed by atoms with E-state index in [1.165, 1.54) is 0 Å². The number of esters is 1. The molecule has 0 atom stereocenters. The molecule has 5 heteroatoms. The highest BCUT2D eigenvalue weighted by Gasteiger charge is 2.27. The van der Waals surface area contributed by atoms with E-state index in [0.717, 1.165) is 5.56 Å². The van der Waals surface area contributed by atoms with E-state index in [1.807, 2.05) is 19.1 Å². The second-order valence-electron chi connectivity index (χ2n) is 5.16. The Balaban J connectivity index is 2.70. The van der Waals surface area contributed by atoms with Gasteiger partial charge < -0.3 is 13.9 Å². The summed E-state index contributed by atoms with van der Waals surface area (Å²) in [5.74, 6) is 0.333. The summed E-state index contributed by atoms with van der Waals surface area (Å²) < 4.78 is 15.8. The molecule has 1 aliphatic carbocycles. The number of furan rings is 1. The van der Waals surface area contributed by atoms with E-state index in [2.05, 4.69) is 13.8 Å². The van der Waals surface area contributed by atoms with Crippen molar-refractivity contribution in [2.24, 2.45) is 0 Å². The average Bonchev–Trinajstić information content (AvgIpc) is 2.68. The first-order valence-electron chi connectivity index (χ1n) is 7.40. The topological polar surface area (TPSA) is 65.7 Å². The van der Waals surface area contributed by atoms with Crippen LogP contribution in [-0.2, 0) is 4.74 Å². The molecule has 2 rings (SSSR count). The van der Waals surface area contributed by atoms with Gasteiger partial charge in [-0.15, -0.1) is 0 Å². The predicted molar refractivity (Wildman–Crippen MR) is 82.8 cm³/mol. The van der Waals surface area contributed by atoms with Gasteiger partial charge in [-0.3, -0.25) is 0 Å². The van der Waals surface area contributed by atoms with Crippen LogP contribution in [-0.4, -0.2) is 19.2 Å². The van der Waals surface area contributed by atoms with Crippen molar-refractivity contribution in [1.82, 2.24) is 0 Å². The number of carbonyl (C=O) groups excluding carboxylic acids is 1. The first-order chi connectivity index (χ1) is 10.5. The SMILES string of the molecule is CCOC(=O)c1c2ccc(C(C)C)cc(OCC)c-2oc1=O. The van der Waals surface area contributed by atoms with Gasteiger partial charge in [0.05, 0.1) is 13.2 Å². The highest BCUT2D eigenvalue weighted by atomic mass is 16.5. The number of hydrogen-bond donors (Lipinski definition) is 0. The van der Waals surface area contributed by atoms with Crippen LogP contribution in [0.1, 0.15) is 49.5 Å². The van der Waals surface area contributed by atoms with Crippen molar-refractivity contribution in [2.45, 2.75) is 33.6 Å². The number of fused-ring (bicyclic) bond motifs is 1. The summed E-state index contributed by atoms with van der Waals surface area (Å²) in [5, 5.41) is 0. The highest BCUT2D eigenvalue weighted by molar-refractivity contribution is 5.97. The lowest BCUT2D eigenvalue weighted by molar-refractivity contribution is 0.0524. The van der Waals surface area contributed by atoms with Crippen molar-refractivity contribution in [2.75, 3.05) is 13.2 Å². The molecule has 1 aliphatic heterocycles. The lowest BCUT2D eigenvalue weighted by Crippen LogP contribution is -2.13. The summed E-state index contributed by atoms with van der Waals surface area (Å²) >= 11 is 0. The van der Waals surface area contributed by atoms with Crippen LogP contribution in [0, 0.1) is 0 Å². The summed E-state index contributed by atoms with van der Waals surface area (Å²) in [6.45, 7) is 8.27. The molecule has 0 spiro atoms. The molecule has 0 saturated carbocycles. The molecule has 0 unspecified atom stereocenters. The molecule has 1 heterocycles. The molecular formula is C17H20O5. The largest absolute Gasteiger partial charge is 0.490 e. The number of ether oxygens (including phenoxy) is 2. The van der Waals surface area contributed by atoms with E-state index in [9.17, 15) is 9.59 Å². The normalized spacial score (nSPS) is 11.0. The summed E-state index contributed by atoms with van der Waals surface area (Å²) in [7, 11) is 0. The molecule has 0 amide bonds. The fourth-order valence-corrected chi connectivity index (χ4v) is 2.23. The van der Waals surface area contributed by atoms with E-state index in [0.29, 0.717) is 17.9 Å². The minimum absolute atomic E-state index is 0.0799. The van der Waals surface area contributed by atoms with E-state index < -0.39 is 11.6 Å². The monoisotopic (exact) mass is 304 g/mol. The zero-order chi connectivity index (χ0) is 16.3. The quantitative estimate of drug-likeness (QED) is 0.792. The zero-order valence-electron chi connectivity index (χ0n) is 13.3. The van der Waals surface area contributed by atoms with Gasteiger partial charge in [-0.2, -0.15) is 0 Å². The first-order valence-corrected chi connectivity index (χ1v) is 7.40. The van der Waals surface area contributed by atoms with Crippen molar-refractivity contribution in [1.29, 1.82) is 0 Å². The molecule has 118 valence electrons. The van der Waals surface area contributed by atoms with Crippen LogP contribution in [0.5, 0.6) is 5.75 Å². The van der Waals surface area contributed by atoms with E-state index in [4.69, 9.17) is 13.9 Å². The first kappa shape index (κ1) is 16.1. The molecule has 0 radical (unpaired) electrons. The molecule has 0 saturated heterocycles. The van der Waals surface area contributed by atoms with E-state index in [-0.39, 0.29) is 23.8 Å². The second-order valence-corrected chi connectivity index (χ2v) is 5.16. The lowest BCUT2D eigenvalue weighted by atomic mass is 10.1. The molecule has 0 bridgehead atoms. The number of carbonyl (C=O) groups is 1. The Morgan fingerprint density at radius 3 is 2.55 bits per heavy atom. The fraction of sp³-hybridized carbons (Fsp3) is 0.412. The minimum Gasteiger partial charge on any atom is -0.490 e. The number of hydrogen-bond acceptors (Lipinski definition) is 5. The molecule has 0 aromatic carbocycles. The highest BCUT2D eigenvalue weighted by Crippen LogP contribution is 2.35. The van der Waals surface area contributed by atoms with Gasteiger partial charge in [0, 0.05) is 5.56 Å². The van der Waals surface area contributed by atoms with Gasteiger partial charge >= 0.3 is 11.6 Å². The smallest absolute Gasteiger partial charge is 0.351 e. The van der Waals surface area contributed by atoms with Gasteiger partial charge in [0.1, 0.15) is 0 Å². The van der Waals surface area contributed by atoms with Crippen molar-refractivity contribution in [3.8, 4) is 17.1 Å². The molecule has 2 aliphatic rings. The third kappa shape index (κ3) is 2.98. The molecule has 0 aromatic rings.